The Morgan fingerprint density at radius 1 is 0.917 bits per heavy atom. The summed E-state index contributed by atoms with van der Waals surface area (Å²) in [6.07, 6.45) is 4.69. The van der Waals surface area contributed by atoms with Crippen LogP contribution >= 0.6 is 0 Å². The van der Waals surface area contributed by atoms with E-state index in [-0.39, 0.29) is 17.4 Å². The number of likely N-dealkylation sites (tertiary alicyclic amines) is 1. The van der Waals surface area contributed by atoms with Gasteiger partial charge in [-0.25, -0.2) is 9.78 Å². The molecule has 2 saturated heterocycles. The summed E-state index contributed by atoms with van der Waals surface area (Å²) < 4.78 is 0. The maximum Gasteiger partial charge on any atom is 0.317 e. The highest BCUT2D eigenvalue weighted by Crippen LogP contribution is 2.41. The molecule has 2 aromatic carbocycles. The van der Waals surface area contributed by atoms with Gasteiger partial charge in [-0.15, -0.1) is 0 Å². The number of piperidine rings is 1. The second-order valence-electron chi connectivity index (χ2n) is 9.75. The Kier molecular flexibility index (Phi) is 6.75. The van der Waals surface area contributed by atoms with Crippen molar-refractivity contribution < 1.29 is 9.59 Å². The number of nitrogen functional groups attached to an aromatic ring is 1. The van der Waals surface area contributed by atoms with Gasteiger partial charge in [-0.2, -0.15) is 0 Å². The van der Waals surface area contributed by atoms with Crippen LogP contribution in [0.25, 0.3) is 0 Å². The summed E-state index contributed by atoms with van der Waals surface area (Å²) in [6, 6.07) is 20.9. The summed E-state index contributed by atoms with van der Waals surface area (Å²) in [5.74, 6) is 0.636. The van der Waals surface area contributed by atoms with Gasteiger partial charge in [-0.3, -0.25) is 4.79 Å². The molecular formula is C28H32N6O2. The van der Waals surface area contributed by atoms with Crippen LogP contribution in [0.15, 0.2) is 72.9 Å². The number of amides is 3. The molecule has 8 nitrogen and oxygen atoms in total. The average Bonchev–Trinajstić information content (AvgIpc) is 3.33. The van der Waals surface area contributed by atoms with Crippen LogP contribution in [-0.4, -0.2) is 48.0 Å². The van der Waals surface area contributed by atoms with Gasteiger partial charge in [0.15, 0.2) is 0 Å². The van der Waals surface area contributed by atoms with Crippen molar-refractivity contribution in [2.24, 2.45) is 5.41 Å². The van der Waals surface area contributed by atoms with Crippen LogP contribution in [0.5, 0.6) is 0 Å². The van der Waals surface area contributed by atoms with Gasteiger partial charge in [0.25, 0.3) is 5.91 Å². The minimum atomic E-state index is -0.235. The lowest BCUT2D eigenvalue weighted by atomic mass is 9.78. The number of benzene rings is 2. The van der Waals surface area contributed by atoms with Crippen LogP contribution in [0.2, 0.25) is 0 Å². The molecule has 186 valence electrons. The quantitative estimate of drug-likeness (QED) is 0.473. The number of carbonyl (C=O) groups excluding carboxylic acids is 2. The van der Waals surface area contributed by atoms with E-state index in [1.54, 1.807) is 24.4 Å². The third kappa shape index (κ3) is 5.27. The molecule has 3 amide bonds. The number of hydrogen-bond acceptors (Lipinski definition) is 5. The molecule has 1 aromatic heterocycles. The molecule has 0 bridgehead atoms. The van der Waals surface area contributed by atoms with Crippen molar-refractivity contribution >= 4 is 29.1 Å². The normalized spacial score (nSPS) is 16.7. The van der Waals surface area contributed by atoms with Gasteiger partial charge in [0, 0.05) is 38.9 Å². The molecule has 3 heterocycles. The van der Waals surface area contributed by atoms with E-state index in [1.165, 1.54) is 0 Å². The van der Waals surface area contributed by atoms with Crippen LogP contribution < -0.4 is 21.3 Å². The Morgan fingerprint density at radius 3 is 2.36 bits per heavy atom. The maximum atomic E-state index is 12.7. The summed E-state index contributed by atoms with van der Waals surface area (Å²) in [5, 5.41) is 5.89. The first-order valence-corrected chi connectivity index (χ1v) is 12.4. The summed E-state index contributed by atoms with van der Waals surface area (Å²) in [5.41, 5.74) is 8.81. The second-order valence-corrected chi connectivity index (χ2v) is 9.75. The molecular weight excluding hydrogens is 452 g/mol. The van der Waals surface area contributed by atoms with Gasteiger partial charge < -0.3 is 26.2 Å². The van der Waals surface area contributed by atoms with E-state index in [1.807, 2.05) is 53.4 Å². The van der Waals surface area contributed by atoms with Crippen LogP contribution in [0.1, 0.15) is 35.2 Å². The van der Waals surface area contributed by atoms with Gasteiger partial charge in [0.2, 0.25) is 0 Å². The Balaban J connectivity index is 1.12. The highest BCUT2D eigenvalue weighted by Gasteiger charge is 2.42. The molecule has 0 atom stereocenters. The van der Waals surface area contributed by atoms with E-state index in [9.17, 15) is 9.59 Å². The predicted octanol–water partition coefficient (Wildman–Crippen LogP) is 4.12. The minimum Gasteiger partial charge on any atom is -0.397 e. The zero-order valence-corrected chi connectivity index (χ0v) is 20.3. The van der Waals surface area contributed by atoms with Crippen molar-refractivity contribution in [3.05, 3.63) is 84.1 Å². The van der Waals surface area contributed by atoms with Crippen molar-refractivity contribution in [2.75, 3.05) is 42.1 Å². The number of anilines is 3. The molecule has 36 heavy (non-hydrogen) atoms. The molecule has 2 aliphatic heterocycles. The number of hydrogen-bond donors (Lipinski definition) is 3. The zero-order valence-electron chi connectivity index (χ0n) is 20.3. The van der Waals surface area contributed by atoms with Crippen LogP contribution in [0.3, 0.4) is 0 Å². The van der Waals surface area contributed by atoms with E-state index >= 15 is 0 Å². The molecule has 2 aliphatic rings. The lowest BCUT2D eigenvalue weighted by Crippen LogP contribution is -2.44. The first kappa shape index (κ1) is 23.7. The number of urea groups is 1. The molecule has 0 unspecified atom stereocenters. The molecule has 4 N–H and O–H groups in total. The Morgan fingerprint density at radius 2 is 1.64 bits per heavy atom. The van der Waals surface area contributed by atoms with Crippen molar-refractivity contribution in [1.29, 1.82) is 0 Å². The number of rotatable bonds is 5. The minimum absolute atomic E-state index is 0.0194. The number of nitrogens with two attached hydrogens (primary N) is 1. The van der Waals surface area contributed by atoms with Gasteiger partial charge in [-0.1, -0.05) is 42.5 Å². The van der Waals surface area contributed by atoms with Crippen molar-refractivity contribution in [1.82, 2.24) is 15.2 Å². The third-order valence-corrected chi connectivity index (χ3v) is 7.38. The average molecular weight is 485 g/mol. The summed E-state index contributed by atoms with van der Waals surface area (Å²) in [6.45, 7) is 3.93. The number of aromatic nitrogens is 1. The standard InChI is InChI=1S/C28H32N6O2/c29-23-8-4-5-9-24(23)32-26(35)22-10-11-25(30-19-22)33-15-12-28(13-16-33)14-17-34(20-28)27(36)31-18-21-6-2-1-3-7-21/h1-11,19H,12-18,20,29H2,(H,31,36)(H,32,35). The van der Waals surface area contributed by atoms with Crippen molar-refractivity contribution in [3.63, 3.8) is 0 Å². The zero-order chi connectivity index (χ0) is 25.0. The van der Waals surface area contributed by atoms with Gasteiger partial charge in [-0.05, 0) is 54.5 Å². The predicted molar refractivity (Wildman–Crippen MR) is 142 cm³/mol. The number of nitrogens with zero attached hydrogens (tertiary/aromatic N) is 3. The lowest BCUT2D eigenvalue weighted by molar-refractivity contribution is 0.102. The van der Waals surface area contributed by atoms with Gasteiger partial charge in [0.05, 0.1) is 16.9 Å². The van der Waals surface area contributed by atoms with Crippen LogP contribution in [-0.2, 0) is 6.54 Å². The summed E-state index contributed by atoms with van der Waals surface area (Å²) in [4.78, 5) is 34.1. The van der Waals surface area contributed by atoms with Gasteiger partial charge in [0.1, 0.15) is 5.82 Å². The maximum absolute atomic E-state index is 12.7. The molecule has 0 saturated carbocycles. The monoisotopic (exact) mass is 484 g/mol. The highest BCUT2D eigenvalue weighted by atomic mass is 16.2. The largest absolute Gasteiger partial charge is 0.397 e. The van der Waals surface area contributed by atoms with E-state index in [0.717, 1.165) is 56.8 Å². The van der Waals surface area contributed by atoms with Crippen LogP contribution in [0.4, 0.5) is 22.0 Å². The van der Waals surface area contributed by atoms with E-state index in [0.29, 0.717) is 23.5 Å². The molecule has 3 aromatic rings. The lowest BCUT2D eigenvalue weighted by Gasteiger charge is -2.39. The van der Waals surface area contributed by atoms with E-state index in [4.69, 9.17) is 5.73 Å². The Bertz CT molecular complexity index is 1210. The van der Waals surface area contributed by atoms with Gasteiger partial charge >= 0.3 is 6.03 Å². The topological polar surface area (TPSA) is 104 Å². The Hall–Kier alpha value is -4.07. The van der Waals surface area contributed by atoms with Crippen molar-refractivity contribution in [2.45, 2.75) is 25.8 Å². The van der Waals surface area contributed by atoms with E-state index < -0.39 is 0 Å². The van der Waals surface area contributed by atoms with Crippen LogP contribution in [0, 0.1) is 5.41 Å². The molecule has 8 heteroatoms. The smallest absolute Gasteiger partial charge is 0.317 e. The summed E-state index contributed by atoms with van der Waals surface area (Å²) in [7, 11) is 0. The fraction of sp³-hybridized carbons (Fsp3) is 0.321. The second kappa shape index (κ2) is 10.3. The number of para-hydroxylation sites is 2. The molecule has 5 rings (SSSR count). The fourth-order valence-electron chi connectivity index (χ4n) is 5.12. The SMILES string of the molecule is Nc1ccccc1NC(=O)c1ccc(N2CCC3(CCN(C(=O)NCc4ccccc4)C3)CC2)nc1. The molecule has 1 spiro atoms. The first-order valence-electron chi connectivity index (χ1n) is 12.4. The van der Waals surface area contributed by atoms with Crippen molar-refractivity contribution in [3.8, 4) is 0 Å². The number of nitrogens with one attached hydrogen (secondary N) is 2. The molecule has 0 radical (unpaired) electrons. The molecule has 0 aliphatic carbocycles. The Labute approximate surface area is 211 Å². The van der Waals surface area contributed by atoms with E-state index in [2.05, 4.69) is 20.5 Å². The third-order valence-electron chi connectivity index (χ3n) is 7.38. The first-order chi connectivity index (χ1) is 17.5. The fourth-order valence-corrected chi connectivity index (χ4v) is 5.12. The molecule has 2 fully saturated rings. The summed E-state index contributed by atoms with van der Waals surface area (Å²) >= 11 is 0. The number of pyridine rings is 1. The number of carbonyl (C=O) groups is 2. The highest BCUT2D eigenvalue weighted by molar-refractivity contribution is 6.05.